The summed E-state index contributed by atoms with van der Waals surface area (Å²) in [5, 5.41) is 8.64. The van der Waals surface area contributed by atoms with Gasteiger partial charge in [-0.15, -0.1) is 11.3 Å². The Morgan fingerprint density at radius 1 is 1.07 bits per heavy atom. The lowest BCUT2D eigenvalue weighted by atomic mass is 10.1. The number of fused-ring (bicyclic) bond motifs is 2. The molecule has 0 amide bonds. The number of aromatic nitrogens is 5. The third kappa shape index (κ3) is 3.15. The van der Waals surface area contributed by atoms with Crippen LogP contribution in [0.2, 0.25) is 0 Å². The van der Waals surface area contributed by atoms with E-state index in [0.29, 0.717) is 0 Å². The van der Waals surface area contributed by atoms with Gasteiger partial charge in [0.05, 0.1) is 38.9 Å². The van der Waals surface area contributed by atoms with Gasteiger partial charge in [-0.3, -0.25) is 4.68 Å². The largest absolute Gasteiger partial charge is 0.490 e. The Morgan fingerprint density at radius 3 is 2.83 bits per heavy atom. The van der Waals surface area contributed by atoms with Crippen LogP contribution in [0.4, 0.5) is 11.5 Å². The number of nitrogens with zero attached hydrogens (tertiary/aromatic N) is 5. The van der Waals surface area contributed by atoms with E-state index < -0.39 is 0 Å². The van der Waals surface area contributed by atoms with Crippen molar-refractivity contribution in [3.05, 3.63) is 54.6 Å². The number of thiazole rings is 1. The first kappa shape index (κ1) is 17.3. The van der Waals surface area contributed by atoms with Gasteiger partial charge in [0.2, 0.25) is 0 Å². The van der Waals surface area contributed by atoms with Crippen LogP contribution in [0.15, 0.2) is 54.6 Å². The van der Waals surface area contributed by atoms with Crippen LogP contribution in [0.5, 0.6) is 5.75 Å². The smallest absolute Gasteiger partial charge is 0.145 e. The predicted molar refractivity (Wildman–Crippen MR) is 118 cm³/mol. The topological polar surface area (TPSA) is 77.8 Å². The van der Waals surface area contributed by atoms with Crippen LogP contribution in [0, 0.1) is 0 Å². The van der Waals surface area contributed by atoms with Crippen molar-refractivity contribution in [2.45, 2.75) is 18.9 Å². The van der Waals surface area contributed by atoms with Gasteiger partial charge in [0.1, 0.15) is 17.9 Å². The lowest BCUT2D eigenvalue weighted by Crippen LogP contribution is -2.01. The second-order valence-electron chi connectivity index (χ2n) is 7.47. The number of hydrogen-bond acceptors (Lipinski definition) is 7. The van der Waals surface area contributed by atoms with Crippen molar-refractivity contribution in [1.29, 1.82) is 0 Å². The van der Waals surface area contributed by atoms with E-state index in [4.69, 9.17) is 4.74 Å². The average molecular weight is 414 g/mol. The Balaban J connectivity index is 1.48. The zero-order chi connectivity index (χ0) is 20.1. The molecule has 5 aromatic rings. The molecule has 0 atom stereocenters. The SMILES string of the molecule is Cn1cc(-c2cc(OC3CC3)c3c(Nc4ccc5ncsc5c4)ncnc3c2)cn1. The number of aryl methyl sites for hydroxylation is 1. The molecular formula is C22H18N6OS. The predicted octanol–water partition coefficient (Wildman–Crippen LogP) is 4.92. The first-order chi connectivity index (χ1) is 14.7. The molecule has 0 unspecified atom stereocenters. The zero-order valence-corrected chi connectivity index (χ0v) is 17.1. The Morgan fingerprint density at radius 2 is 2.00 bits per heavy atom. The minimum Gasteiger partial charge on any atom is -0.490 e. The highest BCUT2D eigenvalue weighted by Crippen LogP contribution is 2.39. The molecule has 1 N–H and O–H groups in total. The minimum atomic E-state index is 0.263. The fourth-order valence-corrected chi connectivity index (χ4v) is 4.23. The minimum absolute atomic E-state index is 0.263. The molecule has 30 heavy (non-hydrogen) atoms. The molecule has 0 bridgehead atoms. The van der Waals surface area contributed by atoms with E-state index in [1.807, 2.05) is 37.1 Å². The van der Waals surface area contributed by atoms with Crippen LogP contribution >= 0.6 is 11.3 Å². The molecular weight excluding hydrogens is 396 g/mol. The first-order valence-corrected chi connectivity index (χ1v) is 10.7. The van der Waals surface area contributed by atoms with Crippen LogP contribution in [0.3, 0.4) is 0 Å². The van der Waals surface area contributed by atoms with E-state index >= 15 is 0 Å². The molecule has 0 radical (unpaired) electrons. The van der Waals surface area contributed by atoms with Gasteiger partial charge >= 0.3 is 0 Å². The number of nitrogens with one attached hydrogen (secondary N) is 1. The highest BCUT2D eigenvalue weighted by Gasteiger charge is 2.26. The summed E-state index contributed by atoms with van der Waals surface area (Å²) in [5.41, 5.74) is 6.71. The number of ether oxygens (including phenoxy) is 1. The van der Waals surface area contributed by atoms with Gasteiger partial charge in [-0.05, 0) is 48.7 Å². The third-order valence-electron chi connectivity index (χ3n) is 5.15. The van der Waals surface area contributed by atoms with E-state index in [0.717, 1.165) is 62.3 Å². The molecule has 1 saturated carbocycles. The summed E-state index contributed by atoms with van der Waals surface area (Å²) in [4.78, 5) is 13.4. The molecule has 0 saturated heterocycles. The number of anilines is 2. The van der Waals surface area contributed by atoms with E-state index in [1.54, 1.807) is 22.3 Å². The van der Waals surface area contributed by atoms with E-state index in [1.165, 1.54) is 0 Å². The van der Waals surface area contributed by atoms with Gasteiger partial charge < -0.3 is 10.1 Å². The average Bonchev–Trinajstić information content (AvgIpc) is 3.25. The van der Waals surface area contributed by atoms with Crippen LogP contribution in [0.1, 0.15) is 12.8 Å². The Hall–Kier alpha value is -3.52. The van der Waals surface area contributed by atoms with E-state index in [9.17, 15) is 0 Å². The van der Waals surface area contributed by atoms with Gasteiger partial charge in [-0.25, -0.2) is 15.0 Å². The highest BCUT2D eigenvalue weighted by atomic mass is 32.1. The van der Waals surface area contributed by atoms with Crippen LogP contribution in [-0.2, 0) is 7.05 Å². The van der Waals surface area contributed by atoms with Gasteiger partial charge in [0.25, 0.3) is 0 Å². The molecule has 7 nitrogen and oxygen atoms in total. The molecule has 1 aliphatic carbocycles. The lowest BCUT2D eigenvalue weighted by Gasteiger charge is -2.14. The van der Waals surface area contributed by atoms with Crippen LogP contribution < -0.4 is 10.1 Å². The van der Waals surface area contributed by atoms with Crippen molar-refractivity contribution in [3.63, 3.8) is 0 Å². The summed E-state index contributed by atoms with van der Waals surface area (Å²) in [6, 6.07) is 10.2. The van der Waals surface area contributed by atoms with Crippen molar-refractivity contribution in [1.82, 2.24) is 24.7 Å². The first-order valence-electron chi connectivity index (χ1n) is 9.78. The highest BCUT2D eigenvalue weighted by molar-refractivity contribution is 7.16. The number of rotatable bonds is 5. The molecule has 0 aliphatic heterocycles. The standard InChI is InChI=1S/C22H18N6OS/c1-28-10-14(9-26-28)13-6-18-21(19(7-13)29-16-3-4-16)22(24-11-23-18)27-15-2-5-17-20(8-15)30-12-25-17/h2,5-12,16H,3-4H2,1H3,(H,23,24,27). The third-order valence-corrected chi connectivity index (χ3v) is 5.94. The molecule has 148 valence electrons. The summed E-state index contributed by atoms with van der Waals surface area (Å²) >= 11 is 1.62. The van der Waals surface area contributed by atoms with Crippen molar-refractivity contribution in [3.8, 4) is 16.9 Å². The molecule has 1 fully saturated rings. The second-order valence-corrected chi connectivity index (χ2v) is 8.36. The normalized spacial score (nSPS) is 13.8. The van der Waals surface area contributed by atoms with Crippen LogP contribution in [0.25, 0.3) is 32.2 Å². The maximum Gasteiger partial charge on any atom is 0.145 e. The molecule has 3 heterocycles. The monoisotopic (exact) mass is 414 g/mol. The molecule has 2 aromatic carbocycles. The van der Waals surface area contributed by atoms with E-state index in [-0.39, 0.29) is 6.10 Å². The van der Waals surface area contributed by atoms with E-state index in [2.05, 4.69) is 43.6 Å². The Bertz CT molecular complexity index is 1390. The Kier molecular flexibility index (Phi) is 3.92. The van der Waals surface area contributed by atoms with Crippen molar-refractivity contribution >= 4 is 44.0 Å². The quantitative estimate of drug-likeness (QED) is 0.440. The van der Waals surface area contributed by atoms with Crippen molar-refractivity contribution < 1.29 is 4.74 Å². The zero-order valence-electron chi connectivity index (χ0n) is 16.2. The molecule has 8 heteroatoms. The molecule has 1 aliphatic rings. The summed E-state index contributed by atoms with van der Waals surface area (Å²) in [7, 11) is 1.91. The maximum atomic E-state index is 6.29. The second kappa shape index (κ2) is 6.77. The summed E-state index contributed by atoms with van der Waals surface area (Å²) in [6.45, 7) is 0. The fraction of sp³-hybridized carbons (Fsp3) is 0.182. The van der Waals surface area contributed by atoms with Gasteiger partial charge in [-0.2, -0.15) is 5.10 Å². The van der Waals surface area contributed by atoms with Crippen molar-refractivity contribution in [2.24, 2.45) is 7.05 Å². The molecule has 0 spiro atoms. The molecule has 6 rings (SSSR count). The van der Waals surface area contributed by atoms with Crippen molar-refractivity contribution in [2.75, 3.05) is 5.32 Å². The lowest BCUT2D eigenvalue weighted by molar-refractivity contribution is 0.307. The number of hydrogen-bond donors (Lipinski definition) is 1. The number of benzene rings is 2. The summed E-state index contributed by atoms with van der Waals surface area (Å²) in [6.07, 6.45) is 7.86. The fourth-order valence-electron chi connectivity index (χ4n) is 3.51. The maximum absolute atomic E-state index is 6.29. The van der Waals surface area contributed by atoms with Gasteiger partial charge in [-0.1, -0.05) is 0 Å². The Labute approximate surface area is 176 Å². The summed E-state index contributed by atoms with van der Waals surface area (Å²) in [5.74, 6) is 1.54. The summed E-state index contributed by atoms with van der Waals surface area (Å²) < 4.78 is 9.21. The van der Waals surface area contributed by atoms with Gasteiger partial charge in [0, 0.05) is 24.5 Å². The molecule has 3 aromatic heterocycles. The van der Waals surface area contributed by atoms with Gasteiger partial charge in [0.15, 0.2) is 0 Å². The van der Waals surface area contributed by atoms with Crippen LogP contribution in [-0.4, -0.2) is 30.8 Å².